The Bertz CT molecular complexity index is 570. The van der Waals surface area contributed by atoms with Gasteiger partial charge in [-0.3, -0.25) is 0 Å². The van der Waals surface area contributed by atoms with Crippen molar-refractivity contribution in [3.05, 3.63) is 29.8 Å². The highest BCUT2D eigenvalue weighted by atomic mass is 16.5. The maximum atomic E-state index is 12.2. The molecule has 3 rings (SSSR count). The van der Waals surface area contributed by atoms with Gasteiger partial charge >= 0.3 is 5.97 Å². The summed E-state index contributed by atoms with van der Waals surface area (Å²) in [4.78, 5) is 18.7. The first-order chi connectivity index (χ1) is 9.09. The molecule has 2 heterocycles. The summed E-state index contributed by atoms with van der Waals surface area (Å²) >= 11 is 0. The molecule has 2 atom stereocenters. The fraction of sp³-hybridized carbons (Fsp3) is 0.429. The third-order valence-corrected chi connectivity index (χ3v) is 4.01. The molecule has 2 aliphatic rings. The molecule has 0 unspecified atom stereocenters. The maximum absolute atomic E-state index is 12.2. The van der Waals surface area contributed by atoms with Gasteiger partial charge in [-0.2, -0.15) is 0 Å². The van der Waals surface area contributed by atoms with Crippen LogP contribution < -0.4 is 0 Å². The van der Waals surface area contributed by atoms with E-state index in [-0.39, 0.29) is 5.92 Å². The Morgan fingerprint density at radius 3 is 3.00 bits per heavy atom. The normalized spacial score (nSPS) is 28.5. The second-order valence-electron chi connectivity index (χ2n) is 5.01. The fourth-order valence-electron chi connectivity index (χ4n) is 3.00. The van der Waals surface area contributed by atoms with Crippen LogP contribution >= 0.6 is 0 Å². The van der Waals surface area contributed by atoms with Gasteiger partial charge in [0.05, 0.1) is 18.7 Å². The number of nitrogens with zero attached hydrogens (tertiary/aromatic N) is 2. The molecule has 2 aliphatic heterocycles. The van der Waals surface area contributed by atoms with Gasteiger partial charge in [-0.15, -0.1) is 0 Å². The average Bonchev–Trinajstić information content (AvgIpc) is 2.80. The van der Waals surface area contributed by atoms with Gasteiger partial charge in [0.15, 0.2) is 5.60 Å². The standard InChI is InChI=1S/C14H16N2O3/c1-16-8-7-10-12(16)15-11-6-4-3-5-9(11)14(10,18)13(17)19-2/h3-6,10,18H,7-8H2,1-2H3/t10-,14-/m0/s1. The lowest BCUT2D eigenvalue weighted by atomic mass is 9.77. The second kappa shape index (κ2) is 4.06. The maximum Gasteiger partial charge on any atom is 0.343 e. The lowest BCUT2D eigenvalue weighted by Crippen LogP contribution is -2.48. The van der Waals surface area contributed by atoms with Crippen LogP contribution in [0.15, 0.2) is 29.3 Å². The van der Waals surface area contributed by atoms with Gasteiger partial charge in [0.2, 0.25) is 0 Å². The van der Waals surface area contributed by atoms with Gasteiger partial charge in [-0.1, -0.05) is 18.2 Å². The number of esters is 1. The van der Waals surface area contributed by atoms with Crippen molar-refractivity contribution in [2.24, 2.45) is 10.9 Å². The number of aliphatic hydroxyl groups is 1. The van der Waals surface area contributed by atoms with Crippen LogP contribution in [0.25, 0.3) is 0 Å². The molecule has 1 saturated heterocycles. The largest absolute Gasteiger partial charge is 0.467 e. The zero-order chi connectivity index (χ0) is 13.6. The van der Waals surface area contributed by atoms with E-state index in [9.17, 15) is 9.90 Å². The monoisotopic (exact) mass is 260 g/mol. The van der Waals surface area contributed by atoms with Crippen molar-refractivity contribution in [2.75, 3.05) is 20.7 Å². The van der Waals surface area contributed by atoms with Crippen molar-refractivity contribution >= 4 is 17.5 Å². The minimum Gasteiger partial charge on any atom is -0.467 e. The molecule has 0 aromatic heterocycles. The summed E-state index contributed by atoms with van der Waals surface area (Å²) in [6.07, 6.45) is 0.690. The topological polar surface area (TPSA) is 62.1 Å². The van der Waals surface area contributed by atoms with Gasteiger partial charge in [0.25, 0.3) is 0 Å². The van der Waals surface area contributed by atoms with Crippen LogP contribution in [-0.2, 0) is 15.1 Å². The first-order valence-corrected chi connectivity index (χ1v) is 6.29. The van der Waals surface area contributed by atoms with E-state index >= 15 is 0 Å². The van der Waals surface area contributed by atoms with Crippen molar-refractivity contribution in [1.82, 2.24) is 4.90 Å². The van der Waals surface area contributed by atoms with Crippen molar-refractivity contribution in [3.63, 3.8) is 0 Å². The van der Waals surface area contributed by atoms with Crippen molar-refractivity contribution in [2.45, 2.75) is 12.0 Å². The van der Waals surface area contributed by atoms with E-state index in [0.29, 0.717) is 17.7 Å². The fourth-order valence-corrected chi connectivity index (χ4v) is 3.00. The number of methoxy groups -OCH3 is 1. The highest BCUT2D eigenvalue weighted by Crippen LogP contribution is 2.46. The van der Waals surface area contributed by atoms with Crippen molar-refractivity contribution in [1.29, 1.82) is 0 Å². The molecule has 100 valence electrons. The molecule has 5 nitrogen and oxygen atoms in total. The predicted octanol–water partition coefficient (Wildman–Crippen LogP) is 1.04. The third-order valence-electron chi connectivity index (χ3n) is 4.01. The molecule has 1 aromatic carbocycles. The van der Waals surface area contributed by atoms with Crippen LogP contribution in [0.4, 0.5) is 5.69 Å². The molecule has 0 amide bonds. The summed E-state index contributed by atoms with van der Waals surface area (Å²) in [5.74, 6) is -0.195. The number of benzene rings is 1. The Morgan fingerprint density at radius 2 is 2.26 bits per heavy atom. The molecule has 19 heavy (non-hydrogen) atoms. The van der Waals surface area contributed by atoms with Gasteiger partial charge in [0.1, 0.15) is 5.84 Å². The molecule has 0 saturated carbocycles. The van der Waals surface area contributed by atoms with Crippen LogP contribution in [-0.4, -0.2) is 42.5 Å². The molecule has 0 spiro atoms. The zero-order valence-electron chi connectivity index (χ0n) is 11.0. The quantitative estimate of drug-likeness (QED) is 0.766. The summed E-state index contributed by atoms with van der Waals surface area (Å²) in [6, 6.07) is 7.19. The molecule has 0 bridgehead atoms. The Kier molecular flexibility index (Phi) is 2.60. The number of amidine groups is 1. The minimum absolute atomic E-state index is 0.333. The smallest absolute Gasteiger partial charge is 0.343 e. The highest BCUT2D eigenvalue weighted by molar-refractivity contribution is 5.99. The van der Waals surface area contributed by atoms with Crippen molar-refractivity contribution < 1.29 is 14.6 Å². The molecular weight excluding hydrogens is 244 g/mol. The Balaban J connectivity index is 2.23. The van der Waals surface area contributed by atoms with Gasteiger partial charge in [-0.05, 0) is 12.5 Å². The molecular formula is C14H16N2O3. The number of hydrogen-bond acceptors (Lipinski definition) is 5. The number of carbonyl (C=O) groups is 1. The molecule has 1 N–H and O–H groups in total. The summed E-state index contributed by atoms with van der Waals surface area (Å²) < 4.78 is 4.83. The highest BCUT2D eigenvalue weighted by Gasteiger charge is 2.54. The van der Waals surface area contributed by atoms with E-state index in [1.54, 1.807) is 18.2 Å². The summed E-state index contributed by atoms with van der Waals surface area (Å²) in [5, 5.41) is 11.0. The summed E-state index contributed by atoms with van der Waals surface area (Å²) in [5.41, 5.74) is -0.464. The number of ether oxygens (including phenoxy) is 1. The summed E-state index contributed by atoms with van der Waals surface area (Å²) in [7, 11) is 3.22. The number of likely N-dealkylation sites (tertiary alicyclic amines) is 1. The van der Waals surface area contributed by atoms with E-state index in [1.165, 1.54) is 7.11 Å². The number of para-hydroxylation sites is 1. The Morgan fingerprint density at radius 1 is 1.53 bits per heavy atom. The van der Waals surface area contributed by atoms with Crippen LogP contribution in [0.2, 0.25) is 0 Å². The number of carbonyl (C=O) groups excluding carboxylic acids is 1. The van der Waals surface area contributed by atoms with Gasteiger partial charge < -0.3 is 14.7 Å². The molecule has 5 heteroatoms. The lowest BCUT2D eigenvalue weighted by molar-refractivity contribution is -0.167. The third kappa shape index (κ3) is 1.51. The zero-order valence-corrected chi connectivity index (χ0v) is 11.0. The Hall–Kier alpha value is -1.88. The van der Waals surface area contributed by atoms with Crippen LogP contribution in [0.1, 0.15) is 12.0 Å². The van der Waals surface area contributed by atoms with E-state index in [0.717, 1.165) is 12.4 Å². The number of rotatable bonds is 1. The van der Waals surface area contributed by atoms with E-state index < -0.39 is 11.6 Å². The SMILES string of the molecule is COC(=O)[C@]1(O)c2ccccc2N=C2[C@@H]1CCN2C. The first-order valence-electron chi connectivity index (χ1n) is 6.29. The van der Waals surface area contributed by atoms with Crippen LogP contribution in [0.3, 0.4) is 0 Å². The Labute approximate surface area is 111 Å². The number of fused-ring (bicyclic) bond motifs is 2. The predicted molar refractivity (Wildman–Crippen MR) is 70.2 cm³/mol. The minimum atomic E-state index is -1.63. The van der Waals surface area contributed by atoms with Gasteiger partial charge in [0, 0.05) is 19.2 Å². The van der Waals surface area contributed by atoms with E-state index in [4.69, 9.17) is 4.74 Å². The van der Waals surface area contributed by atoms with E-state index in [1.807, 2.05) is 18.0 Å². The average molecular weight is 260 g/mol. The second-order valence-corrected chi connectivity index (χ2v) is 5.01. The molecule has 1 fully saturated rings. The summed E-state index contributed by atoms with van der Waals surface area (Å²) in [6.45, 7) is 0.775. The van der Waals surface area contributed by atoms with Crippen LogP contribution in [0.5, 0.6) is 0 Å². The number of aliphatic imine (C=N–C) groups is 1. The van der Waals surface area contributed by atoms with Gasteiger partial charge in [-0.25, -0.2) is 9.79 Å². The number of hydrogen-bond donors (Lipinski definition) is 1. The van der Waals surface area contributed by atoms with Crippen molar-refractivity contribution in [3.8, 4) is 0 Å². The van der Waals surface area contributed by atoms with E-state index in [2.05, 4.69) is 4.99 Å². The lowest BCUT2D eigenvalue weighted by Gasteiger charge is -2.36. The first kappa shape index (κ1) is 12.2. The van der Waals surface area contributed by atoms with Crippen LogP contribution in [0, 0.1) is 5.92 Å². The molecule has 1 aromatic rings. The molecule has 0 radical (unpaired) electrons. The molecule has 0 aliphatic carbocycles.